The summed E-state index contributed by atoms with van der Waals surface area (Å²) in [5, 5.41) is 6.53. The van der Waals surface area contributed by atoms with Crippen molar-refractivity contribution in [2.75, 3.05) is 32.8 Å². The highest BCUT2D eigenvalue weighted by molar-refractivity contribution is 4.68. The van der Waals surface area contributed by atoms with E-state index in [-0.39, 0.29) is 0 Å². The van der Waals surface area contributed by atoms with Crippen molar-refractivity contribution in [2.24, 2.45) is 0 Å². The minimum Gasteiger partial charge on any atom is -0.374 e. The van der Waals surface area contributed by atoms with Gasteiger partial charge in [0.05, 0.1) is 12.7 Å². The number of rotatable bonds is 3. The molecular weight excluding hydrogens is 128 g/mol. The van der Waals surface area contributed by atoms with Gasteiger partial charge in [0.1, 0.15) is 0 Å². The third-order valence-electron chi connectivity index (χ3n) is 1.63. The first kappa shape index (κ1) is 7.98. The zero-order valence-corrected chi connectivity index (χ0v) is 6.52. The molecule has 0 saturated carbocycles. The maximum Gasteiger partial charge on any atom is 0.0824 e. The van der Waals surface area contributed by atoms with E-state index in [0.717, 1.165) is 32.8 Å². The second-order valence-corrected chi connectivity index (χ2v) is 2.50. The zero-order chi connectivity index (χ0) is 7.23. The predicted molar refractivity (Wildman–Crippen MR) is 41.2 cm³/mol. The molecule has 1 aliphatic rings. The molecule has 3 heteroatoms. The second kappa shape index (κ2) is 4.66. The van der Waals surface area contributed by atoms with E-state index in [1.165, 1.54) is 0 Å². The molecule has 1 rings (SSSR count). The van der Waals surface area contributed by atoms with Crippen molar-refractivity contribution < 1.29 is 4.74 Å². The van der Waals surface area contributed by atoms with Gasteiger partial charge in [-0.05, 0) is 6.54 Å². The van der Waals surface area contributed by atoms with E-state index >= 15 is 0 Å². The average molecular weight is 144 g/mol. The number of morpholine rings is 1. The van der Waals surface area contributed by atoms with Crippen molar-refractivity contribution >= 4 is 0 Å². The summed E-state index contributed by atoms with van der Waals surface area (Å²) in [4.78, 5) is 0. The number of hydrogen-bond acceptors (Lipinski definition) is 3. The van der Waals surface area contributed by atoms with Crippen molar-refractivity contribution in [1.29, 1.82) is 0 Å². The van der Waals surface area contributed by atoms with E-state index in [2.05, 4.69) is 17.6 Å². The summed E-state index contributed by atoms with van der Waals surface area (Å²) < 4.78 is 5.46. The van der Waals surface area contributed by atoms with Gasteiger partial charge in [-0.25, -0.2) is 0 Å². The van der Waals surface area contributed by atoms with E-state index in [1.807, 2.05) is 0 Å². The van der Waals surface area contributed by atoms with Crippen LogP contribution in [0, 0.1) is 0 Å². The van der Waals surface area contributed by atoms with Gasteiger partial charge in [0.25, 0.3) is 0 Å². The highest BCUT2D eigenvalue weighted by Gasteiger charge is 2.11. The Kier molecular flexibility index (Phi) is 3.72. The fourth-order valence-electron chi connectivity index (χ4n) is 1.06. The first-order valence-corrected chi connectivity index (χ1v) is 3.96. The largest absolute Gasteiger partial charge is 0.374 e. The fraction of sp³-hybridized carbons (Fsp3) is 1.00. The lowest BCUT2D eigenvalue weighted by atomic mass is 10.3. The van der Waals surface area contributed by atoms with Crippen LogP contribution in [-0.2, 0) is 4.74 Å². The Balaban J connectivity index is 2.02. The molecule has 0 aliphatic carbocycles. The van der Waals surface area contributed by atoms with E-state index < -0.39 is 0 Å². The quantitative estimate of drug-likeness (QED) is 0.564. The fourth-order valence-corrected chi connectivity index (χ4v) is 1.06. The topological polar surface area (TPSA) is 33.3 Å². The number of nitrogens with one attached hydrogen (secondary N) is 2. The van der Waals surface area contributed by atoms with Crippen molar-refractivity contribution in [3.8, 4) is 0 Å². The average Bonchev–Trinajstić information content (AvgIpc) is 2.03. The molecule has 0 radical (unpaired) electrons. The molecule has 1 fully saturated rings. The van der Waals surface area contributed by atoms with Crippen LogP contribution < -0.4 is 10.6 Å². The summed E-state index contributed by atoms with van der Waals surface area (Å²) in [5.41, 5.74) is 0. The number of ether oxygens (including phenoxy) is 1. The standard InChI is InChI=1S/C7H16N2O/c1-2-8-5-7-6-9-3-4-10-7/h7-9H,2-6H2,1H3/t7-/m0/s1. The van der Waals surface area contributed by atoms with Gasteiger partial charge in [-0.1, -0.05) is 6.92 Å². The highest BCUT2D eigenvalue weighted by atomic mass is 16.5. The number of likely N-dealkylation sites (N-methyl/N-ethyl adjacent to an activating group) is 1. The van der Waals surface area contributed by atoms with Crippen LogP contribution in [0.3, 0.4) is 0 Å². The molecule has 60 valence electrons. The lowest BCUT2D eigenvalue weighted by Crippen LogP contribution is -2.43. The third kappa shape index (κ3) is 2.64. The molecule has 2 N–H and O–H groups in total. The Morgan fingerprint density at radius 3 is 3.20 bits per heavy atom. The molecule has 1 atom stereocenters. The Bertz CT molecular complexity index is 81.7. The van der Waals surface area contributed by atoms with Crippen LogP contribution >= 0.6 is 0 Å². The molecule has 0 unspecified atom stereocenters. The number of hydrogen-bond donors (Lipinski definition) is 2. The van der Waals surface area contributed by atoms with Crippen LogP contribution in [0.5, 0.6) is 0 Å². The molecule has 10 heavy (non-hydrogen) atoms. The highest BCUT2D eigenvalue weighted by Crippen LogP contribution is 1.92. The molecule has 0 aromatic carbocycles. The van der Waals surface area contributed by atoms with E-state index in [4.69, 9.17) is 4.74 Å². The van der Waals surface area contributed by atoms with E-state index in [1.54, 1.807) is 0 Å². The molecule has 0 aromatic heterocycles. The molecule has 1 aliphatic heterocycles. The summed E-state index contributed by atoms with van der Waals surface area (Å²) in [6.45, 7) is 6.96. The van der Waals surface area contributed by atoms with Crippen molar-refractivity contribution in [1.82, 2.24) is 10.6 Å². The molecule has 3 nitrogen and oxygen atoms in total. The van der Waals surface area contributed by atoms with Gasteiger partial charge in [-0.2, -0.15) is 0 Å². The smallest absolute Gasteiger partial charge is 0.0824 e. The minimum atomic E-state index is 0.383. The summed E-state index contributed by atoms with van der Waals surface area (Å²) >= 11 is 0. The second-order valence-electron chi connectivity index (χ2n) is 2.50. The summed E-state index contributed by atoms with van der Waals surface area (Å²) in [6, 6.07) is 0. The van der Waals surface area contributed by atoms with E-state index in [0.29, 0.717) is 6.10 Å². The van der Waals surface area contributed by atoms with Gasteiger partial charge in [0, 0.05) is 19.6 Å². The Morgan fingerprint density at radius 2 is 2.60 bits per heavy atom. The van der Waals surface area contributed by atoms with Gasteiger partial charge in [0.15, 0.2) is 0 Å². The maximum atomic E-state index is 5.46. The van der Waals surface area contributed by atoms with Crippen LogP contribution in [0.1, 0.15) is 6.92 Å². The molecule has 0 spiro atoms. The molecule has 1 saturated heterocycles. The minimum absolute atomic E-state index is 0.383. The predicted octanol–water partition coefficient (Wildman–Crippen LogP) is -0.416. The lowest BCUT2D eigenvalue weighted by Gasteiger charge is -2.23. The van der Waals surface area contributed by atoms with Crippen molar-refractivity contribution in [3.05, 3.63) is 0 Å². The van der Waals surface area contributed by atoms with Crippen LogP contribution in [0.15, 0.2) is 0 Å². The van der Waals surface area contributed by atoms with Gasteiger partial charge >= 0.3 is 0 Å². The third-order valence-corrected chi connectivity index (χ3v) is 1.63. The summed E-state index contributed by atoms with van der Waals surface area (Å²) in [5.74, 6) is 0. The van der Waals surface area contributed by atoms with Gasteiger partial charge in [-0.15, -0.1) is 0 Å². The van der Waals surface area contributed by atoms with Crippen LogP contribution in [0.25, 0.3) is 0 Å². The molecule has 1 heterocycles. The lowest BCUT2D eigenvalue weighted by molar-refractivity contribution is 0.0296. The first-order chi connectivity index (χ1) is 4.93. The van der Waals surface area contributed by atoms with Gasteiger partial charge in [-0.3, -0.25) is 0 Å². The molecule has 0 aromatic rings. The molecular formula is C7H16N2O. The van der Waals surface area contributed by atoms with Crippen LogP contribution in [0.2, 0.25) is 0 Å². The van der Waals surface area contributed by atoms with Gasteiger partial charge in [0.2, 0.25) is 0 Å². The Hall–Kier alpha value is -0.120. The SMILES string of the molecule is CCNC[C@H]1CNCCO1. The first-order valence-electron chi connectivity index (χ1n) is 3.96. The maximum absolute atomic E-state index is 5.46. The molecule has 0 bridgehead atoms. The summed E-state index contributed by atoms with van der Waals surface area (Å²) in [6.07, 6.45) is 0.383. The van der Waals surface area contributed by atoms with Crippen molar-refractivity contribution in [2.45, 2.75) is 13.0 Å². The Labute approximate surface area is 62.1 Å². The Morgan fingerprint density at radius 1 is 1.70 bits per heavy atom. The molecule has 0 amide bonds. The summed E-state index contributed by atoms with van der Waals surface area (Å²) in [7, 11) is 0. The van der Waals surface area contributed by atoms with Gasteiger partial charge < -0.3 is 15.4 Å². The van der Waals surface area contributed by atoms with E-state index in [9.17, 15) is 0 Å². The van der Waals surface area contributed by atoms with Crippen LogP contribution in [0.4, 0.5) is 0 Å². The normalized spacial score (nSPS) is 26.7. The zero-order valence-electron chi connectivity index (χ0n) is 6.52. The monoisotopic (exact) mass is 144 g/mol. The van der Waals surface area contributed by atoms with Crippen molar-refractivity contribution in [3.63, 3.8) is 0 Å². The van der Waals surface area contributed by atoms with Crippen LogP contribution in [-0.4, -0.2) is 38.9 Å².